The third-order valence-corrected chi connectivity index (χ3v) is 2.49. The normalized spacial score (nSPS) is 10.5. The van der Waals surface area contributed by atoms with Crippen LogP contribution in [0.3, 0.4) is 0 Å². The molecule has 0 aliphatic heterocycles. The SMILES string of the molecule is Cc1nsc(N)c1-c1nc(C(=O)O)no1. The Morgan fingerprint density at radius 2 is 2.33 bits per heavy atom. The highest BCUT2D eigenvalue weighted by Gasteiger charge is 2.19. The van der Waals surface area contributed by atoms with E-state index in [2.05, 4.69) is 14.5 Å². The molecule has 0 spiro atoms. The van der Waals surface area contributed by atoms with Crippen LogP contribution in [0.4, 0.5) is 5.00 Å². The van der Waals surface area contributed by atoms with Crippen LogP contribution >= 0.6 is 11.5 Å². The maximum absolute atomic E-state index is 10.5. The standard InChI is InChI=1S/C7H6N4O3S/c1-2-3(4(8)15-11-2)6-9-5(7(12)13)10-14-6/h8H2,1H3,(H,12,13). The highest BCUT2D eigenvalue weighted by Crippen LogP contribution is 2.30. The minimum Gasteiger partial charge on any atom is -0.475 e. The number of nitrogen functional groups attached to an aromatic ring is 1. The van der Waals surface area contributed by atoms with Crippen molar-refractivity contribution in [1.82, 2.24) is 14.5 Å². The number of carboxylic acids is 1. The number of carboxylic acid groups (broad SMARTS) is 1. The van der Waals surface area contributed by atoms with Crippen LogP contribution in [0.5, 0.6) is 0 Å². The minimum atomic E-state index is -1.25. The average Bonchev–Trinajstić information content (AvgIpc) is 2.73. The zero-order valence-corrected chi connectivity index (χ0v) is 8.41. The topological polar surface area (TPSA) is 115 Å². The molecule has 0 aliphatic rings. The van der Waals surface area contributed by atoms with E-state index in [0.717, 1.165) is 11.5 Å². The molecule has 0 aromatic carbocycles. The van der Waals surface area contributed by atoms with Crippen LogP contribution in [0.2, 0.25) is 0 Å². The van der Waals surface area contributed by atoms with E-state index in [9.17, 15) is 4.79 Å². The molecular weight excluding hydrogens is 220 g/mol. The van der Waals surface area contributed by atoms with E-state index in [0.29, 0.717) is 16.3 Å². The van der Waals surface area contributed by atoms with Gasteiger partial charge in [0.25, 0.3) is 11.7 Å². The van der Waals surface area contributed by atoms with Crippen molar-refractivity contribution in [3.05, 3.63) is 11.5 Å². The summed E-state index contributed by atoms with van der Waals surface area (Å²) >= 11 is 1.10. The lowest BCUT2D eigenvalue weighted by Crippen LogP contribution is -1.98. The molecule has 0 bridgehead atoms. The number of aromatic nitrogens is 3. The first-order valence-electron chi connectivity index (χ1n) is 3.88. The zero-order valence-electron chi connectivity index (χ0n) is 7.59. The van der Waals surface area contributed by atoms with Gasteiger partial charge in [0.1, 0.15) is 5.00 Å². The van der Waals surface area contributed by atoms with Crippen LogP contribution in [-0.4, -0.2) is 25.6 Å². The van der Waals surface area contributed by atoms with Crippen molar-refractivity contribution in [2.24, 2.45) is 0 Å². The number of aromatic carboxylic acids is 1. The summed E-state index contributed by atoms with van der Waals surface area (Å²) in [6, 6.07) is 0. The molecule has 7 nitrogen and oxygen atoms in total. The number of nitrogens with zero attached hydrogens (tertiary/aromatic N) is 3. The minimum absolute atomic E-state index is 0.0798. The van der Waals surface area contributed by atoms with E-state index >= 15 is 0 Å². The molecule has 2 aromatic rings. The molecule has 0 aliphatic carbocycles. The van der Waals surface area contributed by atoms with E-state index in [-0.39, 0.29) is 5.89 Å². The maximum atomic E-state index is 10.5. The molecule has 0 radical (unpaired) electrons. The fraction of sp³-hybridized carbons (Fsp3) is 0.143. The lowest BCUT2D eigenvalue weighted by molar-refractivity contribution is 0.0680. The van der Waals surface area contributed by atoms with E-state index < -0.39 is 11.8 Å². The summed E-state index contributed by atoms with van der Waals surface area (Å²) in [5.41, 5.74) is 6.78. The van der Waals surface area contributed by atoms with Gasteiger partial charge in [-0.1, -0.05) is 0 Å². The van der Waals surface area contributed by atoms with Crippen LogP contribution in [0.1, 0.15) is 16.3 Å². The summed E-state index contributed by atoms with van der Waals surface area (Å²) in [4.78, 5) is 14.2. The van der Waals surface area contributed by atoms with Gasteiger partial charge in [-0.25, -0.2) is 4.79 Å². The van der Waals surface area contributed by atoms with E-state index in [1.165, 1.54) is 0 Å². The molecular formula is C7H6N4O3S. The Hall–Kier alpha value is -1.96. The number of nitrogens with two attached hydrogens (primary N) is 1. The number of hydrogen-bond acceptors (Lipinski definition) is 7. The van der Waals surface area contributed by atoms with Crippen molar-refractivity contribution in [2.75, 3.05) is 5.73 Å². The number of rotatable bonds is 2. The van der Waals surface area contributed by atoms with Gasteiger partial charge in [0.2, 0.25) is 0 Å². The average molecular weight is 226 g/mol. The van der Waals surface area contributed by atoms with Gasteiger partial charge in [-0.2, -0.15) is 9.36 Å². The van der Waals surface area contributed by atoms with E-state index in [1.807, 2.05) is 0 Å². The highest BCUT2D eigenvalue weighted by atomic mass is 32.1. The number of hydrogen-bond donors (Lipinski definition) is 2. The first kappa shape index (κ1) is 9.59. The Kier molecular flexibility index (Phi) is 2.12. The summed E-state index contributed by atoms with van der Waals surface area (Å²) in [7, 11) is 0. The lowest BCUT2D eigenvalue weighted by Gasteiger charge is -1.90. The van der Waals surface area contributed by atoms with Gasteiger partial charge < -0.3 is 15.4 Å². The zero-order chi connectivity index (χ0) is 11.0. The molecule has 3 N–H and O–H groups in total. The predicted octanol–water partition coefficient (Wildman–Crippen LogP) is 0.782. The lowest BCUT2D eigenvalue weighted by atomic mass is 10.2. The second-order valence-electron chi connectivity index (χ2n) is 2.74. The number of aryl methyl sites for hydroxylation is 1. The Balaban J connectivity index is 2.50. The van der Waals surface area contributed by atoms with Crippen molar-refractivity contribution >= 4 is 22.5 Å². The summed E-state index contributed by atoms with van der Waals surface area (Å²) in [5.74, 6) is -1.56. The number of carbonyl (C=O) groups is 1. The third-order valence-electron chi connectivity index (χ3n) is 1.72. The summed E-state index contributed by atoms with van der Waals surface area (Å²) in [6.45, 7) is 1.73. The van der Waals surface area contributed by atoms with Gasteiger partial charge in [-0.3, -0.25) is 0 Å². The molecule has 2 rings (SSSR count). The van der Waals surface area contributed by atoms with Gasteiger partial charge in [-0.05, 0) is 23.6 Å². The Bertz CT molecular complexity index is 499. The maximum Gasteiger partial charge on any atom is 0.377 e. The molecule has 15 heavy (non-hydrogen) atoms. The van der Waals surface area contributed by atoms with Gasteiger partial charge >= 0.3 is 5.97 Å². The fourth-order valence-electron chi connectivity index (χ4n) is 1.06. The summed E-state index contributed by atoms with van der Waals surface area (Å²) < 4.78 is 8.76. The van der Waals surface area contributed by atoms with Crippen LogP contribution < -0.4 is 5.73 Å². The van der Waals surface area contributed by atoms with Gasteiger partial charge in [0.05, 0.1) is 11.3 Å². The Labute approximate surface area is 87.7 Å². The van der Waals surface area contributed by atoms with Gasteiger partial charge in [-0.15, -0.1) is 0 Å². The van der Waals surface area contributed by atoms with Crippen LogP contribution in [-0.2, 0) is 0 Å². The smallest absolute Gasteiger partial charge is 0.377 e. The Morgan fingerprint density at radius 1 is 1.60 bits per heavy atom. The van der Waals surface area contributed by atoms with E-state index in [1.54, 1.807) is 6.92 Å². The second kappa shape index (κ2) is 3.31. The van der Waals surface area contributed by atoms with Crippen molar-refractivity contribution in [3.63, 3.8) is 0 Å². The van der Waals surface area contributed by atoms with Crippen LogP contribution in [0, 0.1) is 6.92 Å². The third kappa shape index (κ3) is 1.54. The largest absolute Gasteiger partial charge is 0.475 e. The molecule has 0 saturated heterocycles. The van der Waals surface area contributed by atoms with Gasteiger partial charge in [0.15, 0.2) is 0 Å². The molecule has 0 saturated carbocycles. The van der Waals surface area contributed by atoms with E-state index in [4.69, 9.17) is 15.4 Å². The second-order valence-corrected chi connectivity index (χ2v) is 3.54. The van der Waals surface area contributed by atoms with Crippen molar-refractivity contribution < 1.29 is 14.4 Å². The molecule has 2 aromatic heterocycles. The molecule has 0 atom stereocenters. The fourth-order valence-corrected chi connectivity index (χ4v) is 1.71. The quantitative estimate of drug-likeness (QED) is 0.777. The molecule has 0 amide bonds. The first-order valence-corrected chi connectivity index (χ1v) is 4.66. The van der Waals surface area contributed by atoms with Crippen LogP contribution in [0.15, 0.2) is 4.52 Å². The summed E-state index contributed by atoms with van der Waals surface area (Å²) in [5, 5.41) is 12.3. The first-order chi connectivity index (χ1) is 7.09. The molecule has 78 valence electrons. The number of anilines is 1. The highest BCUT2D eigenvalue weighted by molar-refractivity contribution is 7.10. The Morgan fingerprint density at radius 3 is 2.80 bits per heavy atom. The predicted molar refractivity (Wildman–Crippen MR) is 51.5 cm³/mol. The van der Waals surface area contributed by atoms with Crippen LogP contribution in [0.25, 0.3) is 11.5 Å². The molecule has 8 heteroatoms. The summed E-state index contributed by atoms with van der Waals surface area (Å²) in [6.07, 6.45) is 0. The molecule has 0 fully saturated rings. The van der Waals surface area contributed by atoms with Crippen molar-refractivity contribution in [1.29, 1.82) is 0 Å². The monoisotopic (exact) mass is 226 g/mol. The molecule has 2 heterocycles. The van der Waals surface area contributed by atoms with Gasteiger partial charge in [0, 0.05) is 0 Å². The molecule has 0 unspecified atom stereocenters. The van der Waals surface area contributed by atoms with Crippen molar-refractivity contribution in [3.8, 4) is 11.5 Å². The van der Waals surface area contributed by atoms with Crippen molar-refractivity contribution in [2.45, 2.75) is 6.92 Å².